The van der Waals surface area contributed by atoms with Crippen LogP contribution in [0.4, 0.5) is 14.5 Å². The first kappa shape index (κ1) is 16.7. The lowest BCUT2D eigenvalue weighted by molar-refractivity contribution is 0.581. The van der Waals surface area contributed by atoms with Gasteiger partial charge in [0.2, 0.25) is 0 Å². The molecule has 0 radical (unpaired) electrons. The molecule has 0 spiro atoms. The van der Waals surface area contributed by atoms with Crippen LogP contribution in [0.5, 0.6) is 0 Å². The Morgan fingerprint density at radius 1 is 1.10 bits per heavy atom. The highest BCUT2D eigenvalue weighted by Gasteiger charge is 2.21. The quantitative estimate of drug-likeness (QED) is 0.704. The van der Waals surface area contributed by atoms with Gasteiger partial charge in [0.1, 0.15) is 10.7 Å². The van der Waals surface area contributed by atoms with Crippen molar-refractivity contribution in [3.63, 3.8) is 0 Å². The predicted octanol–water partition coefficient (Wildman–Crippen LogP) is 4.94. The number of hydrogen-bond donors (Lipinski definition) is 1. The van der Waals surface area contributed by atoms with Crippen LogP contribution in [0, 0.1) is 11.6 Å². The molecule has 3 nitrogen and oxygen atoms in total. The molecule has 0 aromatic heterocycles. The highest BCUT2D eigenvalue weighted by Crippen LogP contribution is 2.31. The average molecular weight is 462 g/mol. The summed E-state index contributed by atoms with van der Waals surface area (Å²) in [6, 6.07) is 5.67. The Kier molecular flexibility index (Phi) is 4.92. The van der Waals surface area contributed by atoms with Gasteiger partial charge in [0.15, 0.2) is 5.82 Å². The molecule has 0 unspecified atom stereocenters. The van der Waals surface area contributed by atoms with E-state index < -0.39 is 27.3 Å². The van der Waals surface area contributed by atoms with E-state index in [1.807, 2.05) is 4.72 Å². The van der Waals surface area contributed by atoms with Crippen molar-refractivity contribution in [2.45, 2.75) is 4.90 Å². The molecule has 0 saturated heterocycles. The number of sulfonamides is 1. The third-order valence-electron chi connectivity index (χ3n) is 2.43. The second-order valence-electron chi connectivity index (χ2n) is 3.92. The molecule has 0 bridgehead atoms. The zero-order chi connectivity index (χ0) is 15.8. The van der Waals surface area contributed by atoms with E-state index in [-0.39, 0.29) is 14.4 Å². The lowest BCUT2D eigenvalue weighted by Crippen LogP contribution is -2.15. The molecule has 9 heteroatoms. The van der Waals surface area contributed by atoms with Crippen LogP contribution in [0.15, 0.2) is 44.2 Å². The number of anilines is 1. The van der Waals surface area contributed by atoms with Crippen LogP contribution in [0.25, 0.3) is 0 Å². The molecule has 0 saturated carbocycles. The molecule has 1 N–H and O–H groups in total. The standard InChI is InChI=1S/C12H6Br2ClF2NO2S/c13-6-1-2-11(9(15)3-6)21(19,20)18-12-8(14)4-7(16)5-10(12)17/h1-5,18H. The second kappa shape index (κ2) is 6.20. The van der Waals surface area contributed by atoms with E-state index in [4.69, 9.17) is 11.6 Å². The van der Waals surface area contributed by atoms with Gasteiger partial charge in [-0.2, -0.15) is 0 Å². The summed E-state index contributed by atoms with van der Waals surface area (Å²) in [5, 5.41) is -0.0319. The first-order valence-corrected chi connectivity index (χ1v) is 8.78. The van der Waals surface area contributed by atoms with Crippen LogP contribution in [0.2, 0.25) is 5.02 Å². The Morgan fingerprint density at radius 2 is 1.76 bits per heavy atom. The van der Waals surface area contributed by atoms with E-state index in [2.05, 4.69) is 31.9 Å². The van der Waals surface area contributed by atoms with Crippen molar-refractivity contribution < 1.29 is 17.2 Å². The minimum Gasteiger partial charge on any atom is -0.275 e. The van der Waals surface area contributed by atoms with Gasteiger partial charge in [-0.3, -0.25) is 4.72 Å². The van der Waals surface area contributed by atoms with Gasteiger partial charge in [-0.1, -0.05) is 27.5 Å². The molecule has 2 aromatic carbocycles. The second-order valence-corrected chi connectivity index (χ2v) is 7.75. The number of nitrogens with one attached hydrogen (secondary N) is 1. The normalized spacial score (nSPS) is 11.5. The molecule has 0 heterocycles. The van der Waals surface area contributed by atoms with Crippen molar-refractivity contribution in [1.82, 2.24) is 0 Å². The van der Waals surface area contributed by atoms with Crippen molar-refractivity contribution in [2.24, 2.45) is 0 Å². The maximum Gasteiger partial charge on any atom is 0.263 e. The Hall–Kier alpha value is -0.700. The molecular formula is C12H6Br2ClF2NO2S. The summed E-state index contributed by atoms with van der Waals surface area (Å²) >= 11 is 11.9. The fraction of sp³-hybridized carbons (Fsp3) is 0. The highest BCUT2D eigenvalue weighted by atomic mass is 79.9. The van der Waals surface area contributed by atoms with Gasteiger partial charge in [0.05, 0.1) is 10.7 Å². The first-order valence-electron chi connectivity index (χ1n) is 5.33. The van der Waals surface area contributed by atoms with Gasteiger partial charge in [-0.15, -0.1) is 0 Å². The van der Waals surface area contributed by atoms with Gasteiger partial charge in [0, 0.05) is 15.0 Å². The Labute approximate surface area is 141 Å². The first-order chi connectivity index (χ1) is 9.70. The molecule has 0 amide bonds. The Bertz CT molecular complexity index is 792. The summed E-state index contributed by atoms with van der Waals surface area (Å²) in [6.45, 7) is 0. The van der Waals surface area contributed by atoms with E-state index in [1.165, 1.54) is 18.2 Å². The number of benzene rings is 2. The van der Waals surface area contributed by atoms with Crippen molar-refractivity contribution >= 4 is 59.2 Å². The average Bonchev–Trinajstić information content (AvgIpc) is 2.33. The van der Waals surface area contributed by atoms with Crippen molar-refractivity contribution in [3.05, 3.63) is 55.9 Å². The molecule has 112 valence electrons. The summed E-state index contributed by atoms with van der Waals surface area (Å²) in [7, 11) is -4.11. The molecule has 2 aromatic rings. The van der Waals surface area contributed by atoms with E-state index in [1.54, 1.807) is 0 Å². The van der Waals surface area contributed by atoms with Crippen LogP contribution < -0.4 is 4.72 Å². The van der Waals surface area contributed by atoms with Gasteiger partial charge in [-0.05, 0) is 40.2 Å². The Balaban J connectivity index is 2.47. The highest BCUT2D eigenvalue weighted by molar-refractivity contribution is 9.10. The minimum atomic E-state index is -4.11. The number of hydrogen-bond acceptors (Lipinski definition) is 2. The van der Waals surface area contributed by atoms with Crippen molar-refractivity contribution in [3.8, 4) is 0 Å². The number of rotatable bonds is 3. The SMILES string of the molecule is O=S(=O)(Nc1c(F)cc(F)cc1Br)c1ccc(Br)cc1Cl. The van der Waals surface area contributed by atoms with E-state index in [0.717, 1.165) is 6.07 Å². The summed E-state index contributed by atoms with van der Waals surface area (Å²) in [5.74, 6) is -1.87. The summed E-state index contributed by atoms with van der Waals surface area (Å²) in [4.78, 5) is -0.219. The predicted molar refractivity (Wildman–Crippen MR) is 84.0 cm³/mol. The van der Waals surface area contributed by atoms with Gasteiger partial charge < -0.3 is 0 Å². The van der Waals surface area contributed by atoms with Crippen molar-refractivity contribution in [2.75, 3.05) is 4.72 Å². The molecule has 0 aliphatic heterocycles. The van der Waals surface area contributed by atoms with Crippen LogP contribution in [0.1, 0.15) is 0 Å². The monoisotopic (exact) mass is 459 g/mol. The van der Waals surface area contributed by atoms with E-state index in [0.29, 0.717) is 10.5 Å². The molecule has 0 aliphatic carbocycles. The summed E-state index contributed by atoms with van der Waals surface area (Å²) < 4.78 is 53.7. The number of halogens is 5. The zero-order valence-electron chi connectivity index (χ0n) is 10.0. The molecule has 0 atom stereocenters. The lowest BCUT2D eigenvalue weighted by atomic mass is 10.3. The maximum atomic E-state index is 13.7. The molecule has 2 rings (SSSR count). The van der Waals surface area contributed by atoms with Crippen LogP contribution in [0.3, 0.4) is 0 Å². The third kappa shape index (κ3) is 3.74. The summed E-state index contributed by atoms with van der Waals surface area (Å²) in [5.41, 5.74) is -0.393. The molecular weight excluding hydrogens is 455 g/mol. The fourth-order valence-corrected chi connectivity index (χ4v) is 4.29. The van der Waals surface area contributed by atoms with E-state index in [9.17, 15) is 17.2 Å². The molecule has 21 heavy (non-hydrogen) atoms. The third-order valence-corrected chi connectivity index (χ3v) is 5.38. The Morgan fingerprint density at radius 3 is 2.33 bits per heavy atom. The van der Waals surface area contributed by atoms with Crippen LogP contribution >= 0.6 is 43.5 Å². The lowest BCUT2D eigenvalue weighted by Gasteiger charge is -2.12. The zero-order valence-corrected chi connectivity index (χ0v) is 14.7. The van der Waals surface area contributed by atoms with Crippen LogP contribution in [-0.4, -0.2) is 8.42 Å². The van der Waals surface area contributed by atoms with Gasteiger partial charge in [-0.25, -0.2) is 17.2 Å². The topological polar surface area (TPSA) is 46.2 Å². The largest absolute Gasteiger partial charge is 0.275 e. The molecule has 0 fully saturated rings. The maximum absolute atomic E-state index is 13.7. The summed E-state index contributed by atoms with van der Waals surface area (Å²) in [6.07, 6.45) is 0. The van der Waals surface area contributed by atoms with Crippen LogP contribution in [-0.2, 0) is 10.0 Å². The van der Waals surface area contributed by atoms with Gasteiger partial charge >= 0.3 is 0 Å². The van der Waals surface area contributed by atoms with Crippen molar-refractivity contribution in [1.29, 1.82) is 0 Å². The minimum absolute atomic E-state index is 0.0319. The smallest absolute Gasteiger partial charge is 0.263 e. The van der Waals surface area contributed by atoms with E-state index >= 15 is 0 Å². The molecule has 0 aliphatic rings. The van der Waals surface area contributed by atoms with Gasteiger partial charge in [0.25, 0.3) is 10.0 Å². The fourth-order valence-electron chi connectivity index (χ4n) is 1.52.